The minimum Gasteiger partial charge on any atom is -0.361 e. The number of imidazole rings is 1. The van der Waals surface area contributed by atoms with Crippen molar-refractivity contribution in [2.45, 2.75) is 46.2 Å². The zero-order chi connectivity index (χ0) is 22.2. The maximum Gasteiger partial charge on any atom is 0.255 e. The number of nitrogens with one attached hydrogen (secondary N) is 2. The van der Waals surface area contributed by atoms with Crippen molar-refractivity contribution in [2.75, 3.05) is 11.9 Å². The monoisotopic (exact) mass is 429 g/mol. The summed E-state index contributed by atoms with van der Waals surface area (Å²) in [5, 5.41) is 6.99. The third kappa shape index (κ3) is 3.91. The summed E-state index contributed by atoms with van der Waals surface area (Å²) in [7, 11) is 0. The van der Waals surface area contributed by atoms with Gasteiger partial charge >= 0.3 is 0 Å². The molecule has 2 aromatic heterocycles. The molecule has 1 fully saturated rings. The Kier molecular flexibility index (Phi) is 5.27. The SMILES string of the molecule is Cc1noc(C)c1-c1ccc(C(=O)Nc2ccc3nc(CN4CCC[C@@H]4C)[nH]c3c2)cc1. The molecule has 164 valence electrons. The third-order valence-electron chi connectivity index (χ3n) is 6.30. The summed E-state index contributed by atoms with van der Waals surface area (Å²) in [6.45, 7) is 8.02. The van der Waals surface area contributed by atoms with Gasteiger partial charge in [0.05, 0.1) is 23.3 Å². The van der Waals surface area contributed by atoms with Crippen LogP contribution < -0.4 is 5.32 Å². The molecule has 1 aliphatic heterocycles. The van der Waals surface area contributed by atoms with Crippen LogP contribution in [0.25, 0.3) is 22.2 Å². The van der Waals surface area contributed by atoms with Gasteiger partial charge in [-0.15, -0.1) is 0 Å². The number of H-pyrrole nitrogens is 1. The Morgan fingerprint density at radius 1 is 1.22 bits per heavy atom. The van der Waals surface area contributed by atoms with Crippen LogP contribution in [-0.2, 0) is 6.54 Å². The number of carbonyl (C=O) groups is 1. The number of fused-ring (bicyclic) bond motifs is 1. The highest BCUT2D eigenvalue weighted by Gasteiger charge is 2.21. The summed E-state index contributed by atoms with van der Waals surface area (Å²) in [6, 6.07) is 13.9. The smallest absolute Gasteiger partial charge is 0.255 e. The van der Waals surface area contributed by atoms with E-state index in [-0.39, 0.29) is 5.91 Å². The average Bonchev–Trinajstić information content (AvgIpc) is 3.47. The Balaban J connectivity index is 1.30. The molecule has 0 saturated carbocycles. The van der Waals surface area contributed by atoms with Crippen LogP contribution in [0.1, 0.15) is 47.4 Å². The molecule has 1 atom stereocenters. The summed E-state index contributed by atoms with van der Waals surface area (Å²) < 4.78 is 5.25. The molecule has 1 amide bonds. The van der Waals surface area contributed by atoms with Gasteiger partial charge in [-0.2, -0.15) is 0 Å². The Morgan fingerprint density at radius 3 is 2.72 bits per heavy atom. The van der Waals surface area contributed by atoms with Gasteiger partial charge in [-0.25, -0.2) is 4.98 Å². The van der Waals surface area contributed by atoms with Crippen LogP contribution in [-0.4, -0.2) is 38.5 Å². The molecule has 7 heteroatoms. The molecule has 32 heavy (non-hydrogen) atoms. The molecule has 7 nitrogen and oxygen atoms in total. The molecule has 2 N–H and O–H groups in total. The summed E-state index contributed by atoms with van der Waals surface area (Å²) in [5.74, 6) is 1.58. The Hall–Kier alpha value is -3.45. The van der Waals surface area contributed by atoms with Gasteiger partial charge in [0.2, 0.25) is 0 Å². The second-order valence-corrected chi connectivity index (χ2v) is 8.61. The molecule has 4 aromatic rings. The zero-order valence-electron chi connectivity index (χ0n) is 18.6. The van der Waals surface area contributed by atoms with Gasteiger partial charge in [0.15, 0.2) is 0 Å². The predicted octanol–water partition coefficient (Wildman–Crippen LogP) is 5.07. The van der Waals surface area contributed by atoms with Gasteiger partial charge in [-0.3, -0.25) is 9.69 Å². The number of carbonyl (C=O) groups excluding carboxylic acids is 1. The number of aromatic amines is 1. The molecule has 2 aromatic carbocycles. The van der Waals surface area contributed by atoms with E-state index in [1.165, 1.54) is 12.8 Å². The summed E-state index contributed by atoms with van der Waals surface area (Å²) in [6.07, 6.45) is 2.49. The topological polar surface area (TPSA) is 87.1 Å². The Bertz CT molecular complexity index is 1250. The molecule has 3 heterocycles. The zero-order valence-corrected chi connectivity index (χ0v) is 18.6. The summed E-state index contributed by atoms with van der Waals surface area (Å²) in [5.41, 5.74) is 5.96. The lowest BCUT2D eigenvalue weighted by atomic mass is 10.0. The second-order valence-electron chi connectivity index (χ2n) is 8.61. The molecular weight excluding hydrogens is 402 g/mol. The molecule has 0 radical (unpaired) electrons. The van der Waals surface area contributed by atoms with Gasteiger partial charge in [0, 0.05) is 22.9 Å². The molecule has 0 bridgehead atoms. The highest BCUT2D eigenvalue weighted by atomic mass is 16.5. The number of hydrogen-bond acceptors (Lipinski definition) is 5. The van der Waals surface area contributed by atoms with Crippen LogP contribution in [0.2, 0.25) is 0 Å². The van der Waals surface area contributed by atoms with Gasteiger partial charge in [-0.05, 0) is 76.1 Å². The van der Waals surface area contributed by atoms with E-state index in [1.54, 1.807) is 0 Å². The lowest BCUT2D eigenvalue weighted by molar-refractivity contribution is 0.102. The first-order valence-electron chi connectivity index (χ1n) is 11.1. The van der Waals surface area contributed by atoms with Crippen LogP contribution in [0.5, 0.6) is 0 Å². The maximum absolute atomic E-state index is 12.8. The van der Waals surface area contributed by atoms with Crippen LogP contribution in [0.3, 0.4) is 0 Å². The van der Waals surface area contributed by atoms with Crippen molar-refractivity contribution in [2.24, 2.45) is 0 Å². The lowest BCUT2D eigenvalue weighted by Crippen LogP contribution is -2.26. The lowest BCUT2D eigenvalue weighted by Gasteiger charge is -2.19. The Morgan fingerprint density at radius 2 is 2.03 bits per heavy atom. The van der Waals surface area contributed by atoms with E-state index in [4.69, 9.17) is 9.51 Å². The number of amides is 1. The Labute approximate surface area is 186 Å². The van der Waals surface area contributed by atoms with E-state index in [2.05, 4.69) is 27.3 Å². The molecule has 0 aliphatic carbocycles. The number of hydrogen-bond donors (Lipinski definition) is 2. The number of rotatable bonds is 5. The third-order valence-corrected chi connectivity index (χ3v) is 6.30. The van der Waals surface area contributed by atoms with Gasteiger partial charge in [0.25, 0.3) is 5.91 Å². The number of likely N-dealkylation sites (tertiary alicyclic amines) is 1. The van der Waals surface area contributed by atoms with Gasteiger partial charge in [-0.1, -0.05) is 17.3 Å². The van der Waals surface area contributed by atoms with E-state index in [0.29, 0.717) is 11.6 Å². The molecule has 1 saturated heterocycles. The largest absolute Gasteiger partial charge is 0.361 e. The molecule has 1 aliphatic rings. The standard InChI is InChI=1S/C25H27N5O2/c1-15-5-4-12-30(15)14-23-27-21-11-10-20(13-22(21)28-23)26-25(31)19-8-6-18(7-9-19)24-16(2)29-32-17(24)3/h6-11,13,15H,4-5,12,14H2,1-3H3,(H,26,31)(H,27,28)/t15-/m0/s1. The van der Waals surface area contributed by atoms with E-state index in [1.807, 2.05) is 56.3 Å². The number of aromatic nitrogens is 3. The number of benzene rings is 2. The minimum atomic E-state index is -0.153. The number of nitrogens with zero attached hydrogens (tertiary/aromatic N) is 3. The van der Waals surface area contributed by atoms with Crippen LogP contribution in [0.15, 0.2) is 47.0 Å². The predicted molar refractivity (Wildman–Crippen MR) is 125 cm³/mol. The molecular formula is C25H27N5O2. The van der Waals surface area contributed by atoms with E-state index in [0.717, 1.165) is 58.2 Å². The van der Waals surface area contributed by atoms with Crippen LogP contribution in [0, 0.1) is 13.8 Å². The fourth-order valence-corrected chi connectivity index (χ4v) is 4.52. The van der Waals surface area contributed by atoms with Crippen molar-refractivity contribution in [3.63, 3.8) is 0 Å². The van der Waals surface area contributed by atoms with Crippen LogP contribution >= 0.6 is 0 Å². The fraction of sp³-hybridized carbons (Fsp3) is 0.320. The van der Waals surface area contributed by atoms with Gasteiger partial charge in [0.1, 0.15) is 11.6 Å². The first kappa shape index (κ1) is 20.5. The van der Waals surface area contributed by atoms with E-state index < -0.39 is 0 Å². The number of aryl methyl sites for hydroxylation is 2. The van der Waals surface area contributed by atoms with E-state index >= 15 is 0 Å². The summed E-state index contributed by atoms with van der Waals surface area (Å²) >= 11 is 0. The maximum atomic E-state index is 12.8. The molecule has 5 rings (SSSR count). The molecule has 0 unspecified atom stereocenters. The first-order chi connectivity index (χ1) is 15.5. The highest BCUT2D eigenvalue weighted by molar-refractivity contribution is 6.05. The van der Waals surface area contributed by atoms with Crippen molar-refractivity contribution >= 4 is 22.6 Å². The fourth-order valence-electron chi connectivity index (χ4n) is 4.52. The minimum absolute atomic E-state index is 0.153. The first-order valence-corrected chi connectivity index (χ1v) is 11.1. The average molecular weight is 430 g/mol. The van der Waals surface area contributed by atoms with Crippen LogP contribution in [0.4, 0.5) is 5.69 Å². The highest BCUT2D eigenvalue weighted by Crippen LogP contribution is 2.27. The second kappa shape index (κ2) is 8.24. The number of anilines is 1. The van der Waals surface area contributed by atoms with Crippen molar-refractivity contribution in [1.29, 1.82) is 0 Å². The van der Waals surface area contributed by atoms with E-state index in [9.17, 15) is 4.79 Å². The van der Waals surface area contributed by atoms with Crippen molar-refractivity contribution in [3.8, 4) is 11.1 Å². The van der Waals surface area contributed by atoms with Gasteiger partial charge < -0.3 is 14.8 Å². The van der Waals surface area contributed by atoms with Crippen molar-refractivity contribution in [3.05, 3.63) is 65.3 Å². The normalized spacial score (nSPS) is 16.7. The molecule has 0 spiro atoms. The van der Waals surface area contributed by atoms with Crippen molar-refractivity contribution < 1.29 is 9.32 Å². The quantitative estimate of drug-likeness (QED) is 0.462. The summed E-state index contributed by atoms with van der Waals surface area (Å²) in [4.78, 5) is 23.4. The van der Waals surface area contributed by atoms with Crippen molar-refractivity contribution in [1.82, 2.24) is 20.0 Å².